The van der Waals surface area contributed by atoms with Gasteiger partial charge in [0.2, 0.25) is 15.9 Å². The van der Waals surface area contributed by atoms with Crippen LogP contribution >= 0.6 is 58.0 Å². The topological polar surface area (TPSA) is 136 Å². The third-order valence-electron chi connectivity index (χ3n) is 7.11. The summed E-state index contributed by atoms with van der Waals surface area (Å²) in [5.74, 6) is -0.659. The van der Waals surface area contributed by atoms with Crippen LogP contribution in [0.25, 0.3) is 5.69 Å². The Bertz CT molecular complexity index is 1920. The smallest absolute Gasteiger partial charge is 0.355 e. The van der Waals surface area contributed by atoms with Gasteiger partial charge in [-0.15, -0.1) is 29.9 Å². The van der Waals surface area contributed by atoms with E-state index in [1.165, 1.54) is 17.9 Å². The van der Waals surface area contributed by atoms with Crippen LogP contribution in [0.15, 0.2) is 60.4 Å². The van der Waals surface area contributed by atoms with E-state index in [1.807, 2.05) is 26.0 Å². The first-order chi connectivity index (χ1) is 25.2. The summed E-state index contributed by atoms with van der Waals surface area (Å²) in [6, 6.07) is 8.36. The van der Waals surface area contributed by atoms with E-state index in [4.69, 9.17) is 62.7 Å². The first-order valence-corrected chi connectivity index (χ1v) is 19.9. The summed E-state index contributed by atoms with van der Waals surface area (Å²) in [4.78, 5) is 37.6. The number of sulfonamides is 1. The van der Waals surface area contributed by atoms with Crippen LogP contribution in [-0.4, -0.2) is 89.3 Å². The van der Waals surface area contributed by atoms with E-state index < -0.39 is 27.1 Å². The van der Waals surface area contributed by atoms with Crippen molar-refractivity contribution in [2.45, 2.75) is 51.5 Å². The number of amides is 2. The molecule has 2 amide bonds. The number of para-hydroxylation sites is 1. The number of aromatic nitrogens is 3. The van der Waals surface area contributed by atoms with E-state index in [0.717, 1.165) is 35.6 Å². The highest BCUT2D eigenvalue weighted by Crippen LogP contribution is 2.32. The number of nitrogens with one attached hydrogen (secondary N) is 1. The van der Waals surface area contributed by atoms with Crippen LogP contribution in [0.4, 0.5) is 20.2 Å². The fourth-order valence-corrected chi connectivity index (χ4v) is 6.40. The third-order valence-corrected chi connectivity index (χ3v) is 8.92. The molecule has 1 atom stereocenters. The highest BCUT2D eigenvalue weighted by atomic mass is 35.5. The highest BCUT2D eigenvalue weighted by molar-refractivity contribution is 7.92. The van der Waals surface area contributed by atoms with Crippen molar-refractivity contribution in [1.29, 1.82) is 0 Å². The lowest BCUT2D eigenvalue weighted by Crippen LogP contribution is -2.43. The van der Waals surface area contributed by atoms with E-state index >= 15 is 0 Å². The van der Waals surface area contributed by atoms with Crippen LogP contribution in [0.3, 0.4) is 0 Å². The summed E-state index contributed by atoms with van der Waals surface area (Å²) in [6.07, 6.45) is 5.00. The number of methoxy groups -OCH3 is 1. The molecule has 0 bridgehead atoms. The zero-order valence-corrected chi connectivity index (χ0v) is 35.1. The lowest BCUT2D eigenvalue weighted by molar-refractivity contribution is -0.128. The van der Waals surface area contributed by atoms with E-state index in [0.29, 0.717) is 24.4 Å². The Morgan fingerprint density at radius 2 is 1.69 bits per heavy atom. The number of benzene rings is 2. The van der Waals surface area contributed by atoms with Crippen molar-refractivity contribution in [1.82, 2.24) is 19.2 Å². The van der Waals surface area contributed by atoms with Crippen LogP contribution in [0.1, 0.15) is 37.3 Å². The molecule has 2 aromatic carbocycles. The minimum Gasteiger partial charge on any atom is -0.383 e. The third kappa shape index (κ3) is 14.2. The minimum absolute atomic E-state index is 0.0223. The normalized spacial score (nSPS) is 11.5. The van der Waals surface area contributed by atoms with Gasteiger partial charge in [-0.3, -0.25) is 14.3 Å². The number of carbonyl (C=O) groups excluding carboxylic acids is 2. The first kappa shape index (κ1) is 48.8. The summed E-state index contributed by atoms with van der Waals surface area (Å²) in [5.41, 5.74) is 1.94. The second kappa shape index (κ2) is 23.0. The zero-order chi connectivity index (χ0) is 41.5. The van der Waals surface area contributed by atoms with Gasteiger partial charge in [0.15, 0.2) is 4.84 Å². The maximum atomic E-state index is 12.8. The van der Waals surface area contributed by atoms with Crippen LogP contribution in [0.2, 0.25) is 10.0 Å². The Morgan fingerprint density at radius 1 is 1.09 bits per heavy atom. The molecule has 0 aliphatic rings. The molecule has 1 unspecified atom stereocenters. The molecule has 1 heterocycles. The minimum atomic E-state index is -3.65. The number of hydrogen-bond acceptors (Lipinski definition) is 7. The number of carbonyl (C=O) groups is 2. The number of hydrogen-bond donors (Lipinski definition) is 1. The molecule has 0 spiro atoms. The molecule has 0 aliphatic heterocycles. The second-order valence-corrected chi connectivity index (χ2v) is 15.2. The van der Waals surface area contributed by atoms with Crippen molar-refractivity contribution in [2.75, 3.05) is 48.6 Å². The number of anilines is 2. The maximum absolute atomic E-state index is 12.8. The van der Waals surface area contributed by atoms with Crippen molar-refractivity contribution < 1.29 is 31.5 Å². The molecule has 0 saturated heterocycles. The number of ether oxygens (including phenoxy) is 1. The molecule has 300 valence electrons. The standard InChI is InChI=1S/C15H22ClNO2.C11H10Cl2F2N4O3S.C8H11Cl2NO/c1-5-13-8-6-7-11(2)15(13)17(14(18)9-16)12(3)10-19-4;1-5-16-19(11(20)18(5)10(14)15)9-4-8(17-23(2,21)22)6(12)3-7(9)13;1-3-5-11(6-4-2)8(12)7(9)10/h6-8,12H,5,9-10H2,1-4H3;3-4,10,17H,1-2H3;3-4,7H,1-2,5-6H2. The Labute approximate surface area is 339 Å². The van der Waals surface area contributed by atoms with Crippen molar-refractivity contribution >= 4 is 91.2 Å². The number of nitrogens with zero attached hydrogens (tertiary/aromatic N) is 5. The van der Waals surface area contributed by atoms with Gasteiger partial charge in [0, 0.05) is 20.2 Å². The largest absolute Gasteiger partial charge is 0.383 e. The van der Waals surface area contributed by atoms with Gasteiger partial charge in [-0.25, -0.2) is 17.8 Å². The van der Waals surface area contributed by atoms with Crippen LogP contribution in [0, 0.1) is 13.8 Å². The van der Waals surface area contributed by atoms with Crippen molar-refractivity contribution in [3.8, 4) is 5.69 Å². The molecule has 12 nitrogen and oxygen atoms in total. The van der Waals surface area contributed by atoms with E-state index in [2.05, 4.69) is 36.0 Å². The molecular weight excluding hydrogens is 836 g/mol. The van der Waals surface area contributed by atoms with Crippen LogP contribution in [0.5, 0.6) is 0 Å². The molecule has 1 aromatic heterocycles. The average Bonchev–Trinajstić information content (AvgIpc) is 3.39. The summed E-state index contributed by atoms with van der Waals surface area (Å²) in [6.45, 7) is 12.6. The first-order valence-electron chi connectivity index (χ1n) is 15.9. The van der Waals surface area contributed by atoms with E-state index in [9.17, 15) is 31.6 Å². The molecule has 54 heavy (non-hydrogen) atoms. The molecule has 0 radical (unpaired) electrons. The van der Waals surface area contributed by atoms with Crippen LogP contribution < -0.4 is 15.3 Å². The van der Waals surface area contributed by atoms with E-state index in [-0.39, 0.29) is 55.5 Å². The van der Waals surface area contributed by atoms with Gasteiger partial charge in [0.25, 0.3) is 5.91 Å². The second-order valence-electron chi connectivity index (χ2n) is 11.3. The quantitative estimate of drug-likeness (QED) is 0.123. The molecule has 3 rings (SSSR count). The lowest BCUT2D eigenvalue weighted by atomic mass is 10.0. The van der Waals surface area contributed by atoms with Gasteiger partial charge < -0.3 is 14.5 Å². The summed E-state index contributed by atoms with van der Waals surface area (Å²) in [7, 11) is -2.01. The van der Waals surface area contributed by atoms with E-state index in [1.54, 1.807) is 24.2 Å². The average molecular weight is 879 g/mol. The molecule has 3 aromatic rings. The molecule has 0 aliphatic carbocycles. The SMILES string of the molecule is C=CCN(CC=C)C(=O)C(Cl)Cl.CCc1cccc(C)c1N(C(=O)CCl)C(C)COC.Cc1nn(-c2cc(NS(C)(=O)=O)c(Cl)cc2Cl)c(=O)n1C(F)F. The molecule has 0 fully saturated rings. The lowest BCUT2D eigenvalue weighted by Gasteiger charge is -2.31. The fourth-order valence-electron chi connectivity index (χ4n) is 4.86. The van der Waals surface area contributed by atoms with Gasteiger partial charge in [-0.1, -0.05) is 83.7 Å². The number of rotatable bonds is 15. The summed E-state index contributed by atoms with van der Waals surface area (Å²) < 4.78 is 56.4. The Hall–Kier alpha value is -3.18. The molecule has 0 saturated carbocycles. The Balaban J connectivity index is 0.000000426. The van der Waals surface area contributed by atoms with Crippen molar-refractivity contribution in [2.24, 2.45) is 0 Å². The number of halogens is 7. The molecule has 1 N–H and O–H groups in total. The van der Waals surface area contributed by atoms with Crippen LogP contribution in [-0.2, 0) is 30.8 Å². The zero-order valence-electron chi connectivity index (χ0n) is 30.5. The Morgan fingerprint density at radius 3 is 2.13 bits per heavy atom. The van der Waals surface area contributed by atoms with Gasteiger partial charge in [-0.05, 0) is 50.5 Å². The van der Waals surface area contributed by atoms with Gasteiger partial charge >= 0.3 is 12.2 Å². The van der Waals surface area contributed by atoms with Gasteiger partial charge in [-0.2, -0.15) is 13.5 Å². The van der Waals surface area contributed by atoms with Gasteiger partial charge in [0.05, 0.1) is 46.0 Å². The number of aryl methyl sites for hydroxylation is 3. The summed E-state index contributed by atoms with van der Waals surface area (Å²) in [5, 5.41) is 3.63. The Kier molecular flexibility index (Phi) is 20.8. The highest BCUT2D eigenvalue weighted by Gasteiger charge is 2.25. The fraction of sp³-hybridized carbons (Fsp3) is 0.412. The monoisotopic (exact) mass is 876 g/mol. The predicted molar refractivity (Wildman–Crippen MR) is 215 cm³/mol. The predicted octanol–water partition coefficient (Wildman–Crippen LogP) is 7.57. The number of alkyl halides is 5. The van der Waals surface area contributed by atoms with Crippen molar-refractivity contribution in [3.63, 3.8) is 0 Å². The molecular formula is C34H43Cl5F2N6O6S. The summed E-state index contributed by atoms with van der Waals surface area (Å²) >= 11 is 28.4. The maximum Gasteiger partial charge on any atom is 0.355 e. The molecule has 20 heteroatoms. The van der Waals surface area contributed by atoms with Gasteiger partial charge in [0.1, 0.15) is 11.7 Å². The van der Waals surface area contributed by atoms with Crippen molar-refractivity contribution in [3.05, 3.63) is 93.1 Å².